The van der Waals surface area contributed by atoms with Crippen LogP contribution in [0.5, 0.6) is 0 Å². The SMILES string of the molecule is O=C(N/N=C\c1ccccc1I)c1ccc(Cl)cc1. The van der Waals surface area contributed by atoms with Crippen LogP contribution in [-0.4, -0.2) is 12.1 Å². The van der Waals surface area contributed by atoms with Crippen LogP contribution in [-0.2, 0) is 0 Å². The van der Waals surface area contributed by atoms with Gasteiger partial charge in [0.2, 0.25) is 0 Å². The van der Waals surface area contributed by atoms with Crippen LogP contribution < -0.4 is 5.43 Å². The molecule has 0 atom stereocenters. The summed E-state index contributed by atoms with van der Waals surface area (Å²) in [6, 6.07) is 14.4. The van der Waals surface area contributed by atoms with Crippen molar-refractivity contribution in [3.05, 3.63) is 68.3 Å². The van der Waals surface area contributed by atoms with Crippen LogP contribution in [0.15, 0.2) is 53.6 Å². The topological polar surface area (TPSA) is 41.5 Å². The van der Waals surface area contributed by atoms with Gasteiger partial charge >= 0.3 is 0 Å². The summed E-state index contributed by atoms with van der Waals surface area (Å²) >= 11 is 7.97. The molecule has 0 unspecified atom stereocenters. The summed E-state index contributed by atoms with van der Waals surface area (Å²) in [4.78, 5) is 11.8. The van der Waals surface area contributed by atoms with Crippen LogP contribution in [0.25, 0.3) is 0 Å². The van der Waals surface area contributed by atoms with Crippen molar-refractivity contribution >= 4 is 46.3 Å². The van der Waals surface area contributed by atoms with Crippen LogP contribution in [0.2, 0.25) is 5.02 Å². The summed E-state index contributed by atoms with van der Waals surface area (Å²) in [6.45, 7) is 0. The Hall–Kier alpha value is -1.40. The Morgan fingerprint density at radius 3 is 2.53 bits per heavy atom. The minimum atomic E-state index is -0.265. The molecule has 0 spiro atoms. The molecule has 0 radical (unpaired) electrons. The van der Waals surface area contributed by atoms with Crippen molar-refractivity contribution in [3.8, 4) is 0 Å². The molecular weight excluding hydrogens is 375 g/mol. The van der Waals surface area contributed by atoms with Crippen LogP contribution in [0.4, 0.5) is 0 Å². The van der Waals surface area contributed by atoms with Gasteiger partial charge in [-0.3, -0.25) is 4.79 Å². The fraction of sp³-hybridized carbons (Fsp3) is 0. The molecular formula is C14H10ClIN2O. The second kappa shape index (κ2) is 6.68. The van der Waals surface area contributed by atoms with E-state index in [9.17, 15) is 4.79 Å². The van der Waals surface area contributed by atoms with Crippen LogP contribution >= 0.6 is 34.2 Å². The minimum Gasteiger partial charge on any atom is -0.267 e. The zero-order valence-electron chi connectivity index (χ0n) is 9.81. The number of carbonyl (C=O) groups excluding carboxylic acids is 1. The predicted octanol–water partition coefficient (Wildman–Crippen LogP) is 3.71. The van der Waals surface area contributed by atoms with E-state index in [4.69, 9.17) is 11.6 Å². The van der Waals surface area contributed by atoms with Crippen molar-refractivity contribution in [1.82, 2.24) is 5.43 Å². The maximum Gasteiger partial charge on any atom is 0.271 e. The lowest BCUT2D eigenvalue weighted by molar-refractivity contribution is 0.0955. The third kappa shape index (κ3) is 4.04. The highest BCUT2D eigenvalue weighted by molar-refractivity contribution is 14.1. The third-order valence-electron chi connectivity index (χ3n) is 2.38. The van der Waals surface area contributed by atoms with Gasteiger partial charge in [0.1, 0.15) is 0 Å². The van der Waals surface area contributed by atoms with E-state index in [0.717, 1.165) is 9.13 Å². The van der Waals surface area contributed by atoms with Gasteiger partial charge in [-0.2, -0.15) is 5.10 Å². The number of hydrazone groups is 1. The Labute approximate surface area is 129 Å². The molecule has 2 aromatic rings. The fourth-order valence-electron chi connectivity index (χ4n) is 1.41. The molecule has 0 aliphatic carbocycles. The van der Waals surface area contributed by atoms with E-state index in [1.54, 1.807) is 30.5 Å². The zero-order valence-corrected chi connectivity index (χ0v) is 12.7. The van der Waals surface area contributed by atoms with Crippen molar-refractivity contribution in [2.45, 2.75) is 0 Å². The van der Waals surface area contributed by atoms with Gasteiger partial charge in [-0.1, -0.05) is 29.8 Å². The van der Waals surface area contributed by atoms with Crippen molar-refractivity contribution in [1.29, 1.82) is 0 Å². The predicted molar refractivity (Wildman–Crippen MR) is 85.7 cm³/mol. The highest BCUT2D eigenvalue weighted by Crippen LogP contribution is 2.10. The van der Waals surface area contributed by atoms with Crippen LogP contribution in [0, 0.1) is 3.57 Å². The van der Waals surface area contributed by atoms with Gasteiger partial charge < -0.3 is 0 Å². The normalized spacial score (nSPS) is 10.6. The van der Waals surface area contributed by atoms with Crippen molar-refractivity contribution in [2.24, 2.45) is 5.10 Å². The maximum absolute atomic E-state index is 11.8. The molecule has 96 valence electrons. The van der Waals surface area contributed by atoms with Crippen molar-refractivity contribution in [2.75, 3.05) is 0 Å². The molecule has 0 heterocycles. The molecule has 19 heavy (non-hydrogen) atoms. The molecule has 0 fully saturated rings. The van der Waals surface area contributed by atoms with Gasteiger partial charge in [0, 0.05) is 19.7 Å². The van der Waals surface area contributed by atoms with E-state index < -0.39 is 0 Å². The molecule has 0 saturated carbocycles. The number of carbonyl (C=O) groups is 1. The van der Waals surface area contributed by atoms with Gasteiger partial charge in [-0.05, 0) is 52.9 Å². The molecule has 1 amide bonds. The molecule has 1 N–H and O–H groups in total. The van der Waals surface area contributed by atoms with Gasteiger partial charge in [-0.25, -0.2) is 5.43 Å². The minimum absolute atomic E-state index is 0.265. The fourth-order valence-corrected chi connectivity index (χ4v) is 2.06. The highest BCUT2D eigenvalue weighted by Gasteiger charge is 2.03. The number of hydrogen-bond donors (Lipinski definition) is 1. The first-order valence-corrected chi connectivity index (χ1v) is 6.96. The van der Waals surface area contributed by atoms with E-state index in [2.05, 4.69) is 33.1 Å². The number of amides is 1. The number of nitrogens with zero attached hydrogens (tertiary/aromatic N) is 1. The molecule has 0 aliphatic rings. The molecule has 5 heteroatoms. The lowest BCUT2D eigenvalue weighted by Gasteiger charge is -2.00. The summed E-state index contributed by atoms with van der Waals surface area (Å²) in [5.41, 5.74) is 3.95. The first kappa shape index (κ1) is 14.0. The van der Waals surface area contributed by atoms with Crippen molar-refractivity contribution < 1.29 is 4.79 Å². The van der Waals surface area contributed by atoms with E-state index in [-0.39, 0.29) is 5.91 Å². The quantitative estimate of drug-likeness (QED) is 0.489. The standard InChI is InChI=1S/C14H10ClIN2O/c15-12-7-5-10(6-8-12)14(19)18-17-9-11-3-1-2-4-13(11)16/h1-9H,(H,18,19)/b17-9-. The number of rotatable bonds is 3. The van der Waals surface area contributed by atoms with E-state index >= 15 is 0 Å². The Morgan fingerprint density at radius 1 is 1.16 bits per heavy atom. The summed E-state index contributed by atoms with van der Waals surface area (Å²) in [5.74, 6) is -0.265. The first-order valence-electron chi connectivity index (χ1n) is 5.50. The summed E-state index contributed by atoms with van der Waals surface area (Å²) in [7, 11) is 0. The van der Waals surface area contributed by atoms with E-state index in [1.165, 1.54) is 0 Å². The highest BCUT2D eigenvalue weighted by atomic mass is 127. The Balaban J connectivity index is 2.01. The Morgan fingerprint density at radius 2 is 1.84 bits per heavy atom. The van der Waals surface area contributed by atoms with Gasteiger partial charge in [0.15, 0.2) is 0 Å². The molecule has 0 aromatic heterocycles. The summed E-state index contributed by atoms with van der Waals surface area (Å²) in [6.07, 6.45) is 1.62. The lowest BCUT2D eigenvalue weighted by atomic mass is 10.2. The summed E-state index contributed by atoms with van der Waals surface area (Å²) < 4.78 is 1.07. The first-order chi connectivity index (χ1) is 9.16. The Kier molecular flexibility index (Phi) is 4.93. The summed E-state index contributed by atoms with van der Waals surface area (Å²) in [5, 5.41) is 4.54. The van der Waals surface area contributed by atoms with Gasteiger partial charge in [-0.15, -0.1) is 0 Å². The second-order valence-corrected chi connectivity index (χ2v) is 5.33. The van der Waals surface area contributed by atoms with Crippen molar-refractivity contribution in [3.63, 3.8) is 0 Å². The van der Waals surface area contributed by atoms with E-state index in [0.29, 0.717) is 10.6 Å². The largest absolute Gasteiger partial charge is 0.271 e. The molecule has 2 rings (SSSR count). The maximum atomic E-state index is 11.8. The van der Waals surface area contributed by atoms with E-state index in [1.807, 2.05) is 24.3 Å². The average molecular weight is 385 g/mol. The lowest BCUT2D eigenvalue weighted by Crippen LogP contribution is -2.17. The molecule has 0 saturated heterocycles. The monoisotopic (exact) mass is 384 g/mol. The van der Waals surface area contributed by atoms with Crippen LogP contribution in [0.3, 0.4) is 0 Å². The van der Waals surface area contributed by atoms with Crippen LogP contribution in [0.1, 0.15) is 15.9 Å². The molecule has 2 aromatic carbocycles. The third-order valence-corrected chi connectivity index (χ3v) is 3.62. The number of nitrogens with one attached hydrogen (secondary N) is 1. The molecule has 0 aliphatic heterocycles. The number of benzene rings is 2. The zero-order chi connectivity index (χ0) is 13.7. The molecule has 0 bridgehead atoms. The molecule has 3 nitrogen and oxygen atoms in total. The van der Waals surface area contributed by atoms with Gasteiger partial charge in [0.25, 0.3) is 5.91 Å². The number of halogens is 2. The van der Waals surface area contributed by atoms with Gasteiger partial charge in [0.05, 0.1) is 6.21 Å². The Bertz CT molecular complexity index is 611. The number of hydrogen-bond acceptors (Lipinski definition) is 2. The second-order valence-electron chi connectivity index (χ2n) is 3.73. The average Bonchev–Trinajstić information content (AvgIpc) is 2.41. The smallest absolute Gasteiger partial charge is 0.267 e.